The van der Waals surface area contributed by atoms with Crippen molar-refractivity contribution in [2.24, 2.45) is 23.3 Å². The fourth-order valence-corrected chi connectivity index (χ4v) is 3.69. The van der Waals surface area contributed by atoms with Crippen molar-refractivity contribution in [2.45, 2.75) is 50.0 Å². The fourth-order valence-electron chi connectivity index (χ4n) is 3.69. The number of nitrogens with one attached hydrogen (secondary N) is 2. The van der Waals surface area contributed by atoms with Gasteiger partial charge in [0.2, 0.25) is 5.91 Å². The molecule has 150 valence electrons. The van der Waals surface area contributed by atoms with Crippen molar-refractivity contribution < 1.29 is 24.7 Å². The third kappa shape index (κ3) is 5.76. The number of hydrogen-bond acceptors (Lipinski definition) is 7. The van der Waals surface area contributed by atoms with Crippen LogP contribution in [0.25, 0.3) is 0 Å². The summed E-state index contributed by atoms with van der Waals surface area (Å²) in [5.74, 6) is -1.92. The molecule has 1 aromatic heterocycles. The Balaban J connectivity index is 1.90. The molecule has 4 atom stereocenters. The van der Waals surface area contributed by atoms with Gasteiger partial charge in [0.1, 0.15) is 5.54 Å². The number of nitrogens with two attached hydrogens (primary N) is 2. The summed E-state index contributed by atoms with van der Waals surface area (Å²) in [5.41, 5.74) is 11.3. The first-order valence-corrected chi connectivity index (χ1v) is 9.11. The number of carbonyl (C=O) groups is 2. The number of carbonyl (C=O) groups excluding carboxylic acids is 1. The third-order valence-electron chi connectivity index (χ3n) is 5.35. The van der Waals surface area contributed by atoms with Gasteiger partial charge in [-0.15, -0.1) is 0 Å². The zero-order valence-electron chi connectivity index (χ0n) is 15.2. The summed E-state index contributed by atoms with van der Waals surface area (Å²) in [6.07, 6.45) is 5.61. The molecule has 1 heterocycles. The van der Waals surface area contributed by atoms with Gasteiger partial charge in [-0.25, -0.2) is 4.98 Å². The smallest absolute Gasteiger partial charge is 0.451 e. The van der Waals surface area contributed by atoms with E-state index < -0.39 is 30.6 Å². The molecule has 0 bridgehead atoms. The molecule has 0 saturated heterocycles. The monoisotopic (exact) mass is 381 g/mol. The molecule has 2 rings (SSSR count). The second-order valence-corrected chi connectivity index (χ2v) is 7.36. The molecule has 0 aromatic carbocycles. The summed E-state index contributed by atoms with van der Waals surface area (Å²) < 4.78 is 0. The maximum Gasteiger partial charge on any atom is 0.451 e. The van der Waals surface area contributed by atoms with E-state index in [1.165, 1.54) is 6.33 Å². The molecule has 1 fully saturated rings. The zero-order chi connectivity index (χ0) is 20.0. The summed E-state index contributed by atoms with van der Waals surface area (Å²) in [4.78, 5) is 30.8. The lowest BCUT2D eigenvalue weighted by Gasteiger charge is -2.41. The van der Waals surface area contributed by atoms with E-state index in [2.05, 4.69) is 15.3 Å². The van der Waals surface area contributed by atoms with Crippen LogP contribution in [0.2, 0.25) is 6.32 Å². The number of imidazole rings is 1. The molecule has 1 aliphatic rings. The van der Waals surface area contributed by atoms with E-state index in [1.807, 2.05) is 0 Å². The molecule has 9 N–H and O–H groups in total. The lowest BCUT2D eigenvalue weighted by molar-refractivity contribution is -0.148. The van der Waals surface area contributed by atoms with Crippen molar-refractivity contribution in [1.82, 2.24) is 15.3 Å². The second kappa shape index (κ2) is 9.31. The van der Waals surface area contributed by atoms with Crippen molar-refractivity contribution >= 4 is 19.0 Å². The molecule has 0 aliphatic heterocycles. The Morgan fingerprint density at radius 1 is 1.44 bits per heavy atom. The van der Waals surface area contributed by atoms with Crippen LogP contribution in [0.5, 0.6) is 0 Å². The number of nitrogens with zero attached hydrogens (tertiary/aromatic N) is 1. The van der Waals surface area contributed by atoms with Crippen molar-refractivity contribution in [3.05, 3.63) is 18.2 Å². The number of carboxylic acid groups (broad SMARTS) is 1. The van der Waals surface area contributed by atoms with Gasteiger partial charge in [0.15, 0.2) is 0 Å². The predicted molar refractivity (Wildman–Crippen MR) is 98.3 cm³/mol. The van der Waals surface area contributed by atoms with Crippen LogP contribution in [0.15, 0.2) is 12.5 Å². The highest BCUT2D eigenvalue weighted by atomic mass is 16.4. The number of rotatable bonds is 9. The SMILES string of the molecule is N[C@@H](Cc1c[nH]cn1)C(=O)NC[C@@H]1CC[C@@H](CCB(O)O)C[C@]1(N)C(=O)O. The van der Waals surface area contributed by atoms with Gasteiger partial charge in [-0.05, 0) is 31.5 Å². The van der Waals surface area contributed by atoms with Crippen LogP contribution in [0.1, 0.15) is 31.4 Å². The molecule has 1 aliphatic carbocycles. The summed E-state index contributed by atoms with van der Waals surface area (Å²) >= 11 is 0. The van der Waals surface area contributed by atoms with E-state index in [-0.39, 0.29) is 37.5 Å². The van der Waals surface area contributed by atoms with Crippen LogP contribution in [-0.2, 0) is 16.0 Å². The molecule has 1 saturated carbocycles. The highest BCUT2D eigenvalue weighted by Gasteiger charge is 2.47. The van der Waals surface area contributed by atoms with E-state index in [0.29, 0.717) is 18.5 Å². The first-order valence-electron chi connectivity index (χ1n) is 9.11. The van der Waals surface area contributed by atoms with Gasteiger partial charge >= 0.3 is 13.1 Å². The van der Waals surface area contributed by atoms with E-state index >= 15 is 0 Å². The zero-order valence-corrected chi connectivity index (χ0v) is 15.2. The van der Waals surface area contributed by atoms with E-state index in [9.17, 15) is 14.7 Å². The minimum absolute atomic E-state index is 0.00164. The summed E-state index contributed by atoms with van der Waals surface area (Å²) in [6.45, 7) is 0.130. The summed E-state index contributed by atoms with van der Waals surface area (Å²) in [5, 5.41) is 30.4. The molecule has 11 heteroatoms. The number of hydrogen-bond donors (Lipinski definition) is 7. The number of amides is 1. The average Bonchev–Trinajstić information content (AvgIpc) is 3.11. The standard InChI is InChI=1S/C16H28BN5O5/c18-13(5-12-8-20-9-22-12)14(23)21-7-11-2-1-10(3-4-17(26)27)6-16(11,19)15(24)25/h8-11,13,26-27H,1-7,18-19H2,(H,20,22)(H,21,23)(H,24,25)/t10-,11-,13-,16+/m0/s1. The molecule has 0 radical (unpaired) electrons. The Morgan fingerprint density at radius 2 is 2.19 bits per heavy atom. The van der Waals surface area contributed by atoms with Crippen molar-refractivity contribution in [1.29, 1.82) is 0 Å². The number of aromatic amines is 1. The van der Waals surface area contributed by atoms with Crippen molar-refractivity contribution in [2.75, 3.05) is 6.54 Å². The molecule has 0 unspecified atom stereocenters. The number of H-pyrrole nitrogens is 1. The quantitative estimate of drug-likeness (QED) is 0.251. The van der Waals surface area contributed by atoms with Crippen LogP contribution < -0.4 is 16.8 Å². The second-order valence-electron chi connectivity index (χ2n) is 7.36. The van der Waals surface area contributed by atoms with Gasteiger partial charge in [-0.3, -0.25) is 9.59 Å². The van der Waals surface area contributed by atoms with E-state index in [0.717, 1.165) is 6.42 Å². The van der Waals surface area contributed by atoms with Crippen molar-refractivity contribution in [3.63, 3.8) is 0 Å². The molecule has 10 nitrogen and oxygen atoms in total. The Kier molecular flexibility index (Phi) is 7.37. The van der Waals surface area contributed by atoms with Crippen LogP contribution >= 0.6 is 0 Å². The van der Waals surface area contributed by atoms with E-state index in [4.69, 9.17) is 21.5 Å². The molecule has 1 amide bonds. The number of carboxylic acids is 1. The van der Waals surface area contributed by atoms with E-state index in [1.54, 1.807) is 6.20 Å². The number of aromatic nitrogens is 2. The lowest BCUT2D eigenvalue weighted by Crippen LogP contribution is -2.60. The normalized spacial score (nSPS) is 26.4. The highest BCUT2D eigenvalue weighted by molar-refractivity contribution is 6.40. The average molecular weight is 381 g/mol. The summed E-state index contributed by atoms with van der Waals surface area (Å²) in [7, 11) is -1.41. The molecule has 1 aromatic rings. The Bertz CT molecular complexity index is 629. The Morgan fingerprint density at radius 3 is 2.78 bits per heavy atom. The molecule has 0 spiro atoms. The van der Waals surface area contributed by atoms with Gasteiger partial charge in [-0.1, -0.05) is 6.42 Å². The largest absolute Gasteiger partial charge is 0.480 e. The highest BCUT2D eigenvalue weighted by Crippen LogP contribution is 2.38. The fraction of sp³-hybridized carbons (Fsp3) is 0.688. The third-order valence-corrected chi connectivity index (χ3v) is 5.35. The first kappa shape index (κ1) is 21.4. The Hall–Kier alpha value is -1.95. The molecular weight excluding hydrogens is 353 g/mol. The van der Waals surface area contributed by atoms with Crippen molar-refractivity contribution in [3.8, 4) is 0 Å². The topological polar surface area (TPSA) is 188 Å². The van der Waals surface area contributed by atoms with Gasteiger partial charge in [-0.2, -0.15) is 0 Å². The summed E-state index contributed by atoms with van der Waals surface area (Å²) in [6, 6.07) is -0.785. The van der Waals surface area contributed by atoms with Crippen LogP contribution in [0.3, 0.4) is 0 Å². The van der Waals surface area contributed by atoms with Gasteiger partial charge in [0.05, 0.1) is 18.1 Å². The lowest BCUT2D eigenvalue weighted by atomic mass is 9.66. The van der Waals surface area contributed by atoms with Crippen LogP contribution in [0, 0.1) is 11.8 Å². The molecular formula is C16H28BN5O5. The van der Waals surface area contributed by atoms with Gasteiger partial charge in [0.25, 0.3) is 0 Å². The predicted octanol–water partition coefficient (Wildman–Crippen LogP) is -1.54. The minimum Gasteiger partial charge on any atom is -0.480 e. The minimum atomic E-state index is -1.47. The maximum atomic E-state index is 12.2. The molecule has 27 heavy (non-hydrogen) atoms. The maximum absolute atomic E-state index is 12.2. The van der Waals surface area contributed by atoms with Crippen LogP contribution in [-0.4, -0.2) is 62.2 Å². The number of aliphatic carboxylic acids is 1. The Labute approximate surface area is 157 Å². The van der Waals surface area contributed by atoms with Gasteiger partial charge < -0.3 is 36.9 Å². The van der Waals surface area contributed by atoms with Gasteiger partial charge in [0, 0.05) is 25.1 Å². The van der Waals surface area contributed by atoms with Crippen LogP contribution in [0.4, 0.5) is 0 Å². The first-order chi connectivity index (χ1) is 12.7.